The summed E-state index contributed by atoms with van der Waals surface area (Å²) in [6.45, 7) is 13.9. The molecule has 1 heteroatoms. The van der Waals surface area contributed by atoms with Crippen molar-refractivity contribution >= 4 is 0 Å². The predicted molar refractivity (Wildman–Crippen MR) is 88.0 cm³/mol. The van der Waals surface area contributed by atoms with E-state index in [0.29, 0.717) is 10.8 Å². The van der Waals surface area contributed by atoms with Crippen LogP contribution in [-0.2, 0) is 6.42 Å². The van der Waals surface area contributed by atoms with Crippen molar-refractivity contribution in [1.29, 1.82) is 0 Å². The summed E-state index contributed by atoms with van der Waals surface area (Å²) in [5, 5.41) is 0. The van der Waals surface area contributed by atoms with Crippen molar-refractivity contribution in [1.82, 2.24) is 0 Å². The average molecular weight is 273 g/mol. The van der Waals surface area contributed by atoms with E-state index in [2.05, 4.69) is 59.7 Å². The van der Waals surface area contributed by atoms with Crippen LogP contribution >= 0.6 is 0 Å². The molecule has 0 atom stereocenters. The second-order valence-electron chi connectivity index (χ2n) is 8.83. The molecular weight excluding hydrogens is 242 g/mol. The molecule has 0 amide bonds. The summed E-state index contributed by atoms with van der Waals surface area (Å²) in [4.78, 5) is 0. The fraction of sp³-hybridized carbons (Fsp3) is 0.684. The average Bonchev–Trinajstić information content (AvgIpc) is 2.17. The van der Waals surface area contributed by atoms with Crippen molar-refractivity contribution in [3.63, 3.8) is 0 Å². The zero-order valence-corrected chi connectivity index (χ0v) is 14.1. The van der Waals surface area contributed by atoms with Gasteiger partial charge in [0.1, 0.15) is 0 Å². The van der Waals surface area contributed by atoms with Crippen LogP contribution in [0.15, 0.2) is 18.2 Å². The quantitative estimate of drug-likeness (QED) is 0.824. The van der Waals surface area contributed by atoms with E-state index in [-0.39, 0.29) is 5.54 Å². The number of nitrogens with two attached hydrogens (primary N) is 1. The van der Waals surface area contributed by atoms with Gasteiger partial charge in [-0.05, 0) is 61.5 Å². The summed E-state index contributed by atoms with van der Waals surface area (Å²) in [7, 11) is 0. The molecule has 2 rings (SSSR count). The molecular formula is C19H31N. The molecule has 112 valence electrons. The molecule has 1 aliphatic rings. The van der Waals surface area contributed by atoms with Crippen LogP contribution in [-0.4, -0.2) is 5.54 Å². The molecule has 1 fully saturated rings. The Kier molecular flexibility index (Phi) is 3.79. The highest BCUT2D eigenvalue weighted by atomic mass is 14.8. The summed E-state index contributed by atoms with van der Waals surface area (Å²) in [5.74, 6) is 0. The lowest BCUT2D eigenvalue weighted by Gasteiger charge is -2.50. The topological polar surface area (TPSA) is 26.0 Å². The van der Waals surface area contributed by atoms with Crippen LogP contribution in [0.1, 0.15) is 63.6 Å². The second-order valence-corrected chi connectivity index (χ2v) is 8.83. The van der Waals surface area contributed by atoms with E-state index >= 15 is 0 Å². The van der Waals surface area contributed by atoms with E-state index in [9.17, 15) is 0 Å². The van der Waals surface area contributed by atoms with E-state index in [0.717, 1.165) is 19.3 Å². The third-order valence-electron chi connectivity index (χ3n) is 4.67. The van der Waals surface area contributed by atoms with Crippen LogP contribution in [0.4, 0.5) is 0 Å². The Morgan fingerprint density at radius 2 is 1.50 bits per heavy atom. The third-order valence-corrected chi connectivity index (χ3v) is 4.67. The van der Waals surface area contributed by atoms with Crippen LogP contribution in [0.25, 0.3) is 0 Å². The molecule has 0 aromatic heterocycles. The molecule has 0 saturated heterocycles. The van der Waals surface area contributed by atoms with Gasteiger partial charge < -0.3 is 5.73 Å². The van der Waals surface area contributed by atoms with Gasteiger partial charge in [0.05, 0.1) is 0 Å². The largest absolute Gasteiger partial charge is 0.325 e. The zero-order valence-electron chi connectivity index (χ0n) is 14.1. The Bertz CT molecular complexity index is 480. The standard InChI is InChI=1S/C19H31N/c1-14-7-8-15(2)16(9-14)10-19(20)12-17(3,4)11-18(5,6)13-19/h7-9H,10-13,20H2,1-6H3. The van der Waals surface area contributed by atoms with E-state index in [1.165, 1.54) is 23.1 Å². The van der Waals surface area contributed by atoms with Crippen molar-refractivity contribution in [3.05, 3.63) is 34.9 Å². The summed E-state index contributed by atoms with van der Waals surface area (Å²) < 4.78 is 0. The van der Waals surface area contributed by atoms with Crippen molar-refractivity contribution < 1.29 is 0 Å². The minimum absolute atomic E-state index is 0.0657. The zero-order chi connectivity index (χ0) is 15.2. The molecule has 1 aliphatic carbocycles. The maximum absolute atomic E-state index is 6.86. The smallest absolute Gasteiger partial charge is 0.0205 e. The lowest BCUT2D eigenvalue weighted by Crippen LogP contribution is -2.53. The van der Waals surface area contributed by atoms with E-state index in [1.54, 1.807) is 0 Å². The van der Waals surface area contributed by atoms with Crippen molar-refractivity contribution in [2.24, 2.45) is 16.6 Å². The Hall–Kier alpha value is -0.820. The molecule has 1 saturated carbocycles. The lowest BCUT2D eigenvalue weighted by molar-refractivity contribution is 0.0486. The molecule has 0 bridgehead atoms. The van der Waals surface area contributed by atoms with Crippen molar-refractivity contribution in [2.75, 3.05) is 0 Å². The first kappa shape index (κ1) is 15.6. The second kappa shape index (κ2) is 4.87. The highest BCUT2D eigenvalue weighted by molar-refractivity contribution is 5.32. The first-order chi connectivity index (χ1) is 9.00. The fourth-order valence-electron chi connectivity index (χ4n) is 4.88. The van der Waals surface area contributed by atoms with Gasteiger partial charge in [-0.1, -0.05) is 51.5 Å². The molecule has 1 aromatic carbocycles. The summed E-state index contributed by atoms with van der Waals surface area (Å²) in [6, 6.07) is 6.74. The predicted octanol–water partition coefficient (Wildman–Crippen LogP) is 4.78. The molecule has 0 radical (unpaired) electrons. The van der Waals surface area contributed by atoms with Gasteiger partial charge in [-0.2, -0.15) is 0 Å². The van der Waals surface area contributed by atoms with Crippen LogP contribution in [0.5, 0.6) is 0 Å². The maximum atomic E-state index is 6.86. The third kappa shape index (κ3) is 3.63. The van der Waals surface area contributed by atoms with Gasteiger partial charge in [0.15, 0.2) is 0 Å². The van der Waals surface area contributed by atoms with Gasteiger partial charge in [-0.15, -0.1) is 0 Å². The van der Waals surface area contributed by atoms with E-state index in [4.69, 9.17) is 5.73 Å². The van der Waals surface area contributed by atoms with E-state index in [1.807, 2.05) is 0 Å². The summed E-state index contributed by atoms with van der Waals surface area (Å²) >= 11 is 0. The molecule has 1 nitrogen and oxygen atoms in total. The molecule has 0 unspecified atom stereocenters. The summed E-state index contributed by atoms with van der Waals surface area (Å²) in [5.41, 5.74) is 11.6. The summed E-state index contributed by atoms with van der Waals surface area (Å²) in [6.07, 6.45) is 4.52. The Balaban J connectivity index is 2.28. The minimum atomic E-state index is -0.0657. The number of benzene rings is 1. The fourth-order valence-corrected chi connectivity index (χ4v) is 4.88. The molecule has 0 spiro atoms. The molecule has 0 aliphatic heterocycles. The maximum Gasteiger partial charge on any atom is 0.0205 e. The number of aryl methyl sites for hydroxylation is 2. The Morgan fingerprint density at radius 3 is 2.05 bits per heavy atom. The highest BCUT2D eigenvalue weighted by Crippen LogP contribution is 2.50. The van der Waals surface area contributed by atoms with Gasteiger partial charge in [-0.25, -0.2) is 0 Å². The van der Waals surface area contributed by atoms with Crippen molar-refractivity contribution in [2.45, 2.75) is 72.8 Å². The number of hydrogen-bond acceptors (Lipinski definition) is 1. The Morgan fingerprint density at radius 1 is 0.950 bits per heavy atom. The first-order valence-corrected chi connectivity index (χ1v) is 7.86. The number of hydrogen-bond donors (Lipinski definition) is 1. The monoisotopic (exact) mass is 273 g/mol. The molecule has 1 aromatic rings. The van der Waals surface area contributed by atoms with Crippen LogP contribution in [0, 0.1) is 24.7 Å². The van der Waals surface area contributed by atoms with Crippen LogP contribution in [0.3, 0.4) is 0 Å². The van der Waals surface area contributed by atoms with Gasteiger partial charge in [0.2, 0.25) is 0 Å². The number of rotatable bonds is 2. The van der Waals surface area contributed by atoms with Crippen molar-refractivity contribution in [3.8, 4) is 0 Å². The molecule has 2 N–H and O–H groups in total. The first-order valence-electron chi connectivity index (χ1n) is 7.86. The van der Waals surface area contributed by atoms with Gasteiger partial charge in [0.25, 0.3) is 0 Å². The van der Waals surface area contributed by atoms with E-state index < -0.39 is 0 Å². The van der Waals surface area contributed by atoms with Gasteiger partial charge >= 0.3 is 0 Å². The normalized spacial score (nSPS) is 23.6. The molecule has 0 heterocycles. The Labute approximate surface area is 125 Å². The van der Waals surface area contributed by atoms with Gasteiger partial charge in [0, 0.05) is 5.54 Å². The highest BCUT2D eigenvalue weighted by Gasteiger charge is 2.45. The SMILES string of the molecule is Cc1ccc(C)c(CC2(N)CC(C)(C)CC(C)(C)C2)c1. The van der Waals surface area contributed by atoms with Crippen LogP contribution < -0.4 is 5.73 Å². The minimum Gasteiger partial charge on any atom is -0.325 e. The molecule has 20 heavy (non-hydrogen) atoms. The van der Waals surface area contributed by atoms with Crippen LogP contribution in [0.2, 0.25) is 0 Å². The van der Waals surface area contributed by atoms with Gasteiger partial charge in [-0.3, -0.25) is 0 Å². The lowest BCUT2D eigenvalue weighted by atomic mass is 9.57.